The number of rotatable bonds is 5. The number of amides is 1. The van der Waals surface area contributed by atoms with Gasteiger partial charge in [0, 0.05) is 45.0 Å². The van der Waals surface area contributed by atoms with Crippen LogP contribution < -0.4 is 10.6 Å². The van der Waals surface area contributed by atoms with Crippen LogP contribution in [-0.2, 0) is 0 Å². The van der Waals surface area contributed by atoms with Crippen LogP contribution in [-0.4, -0.2) is 60.2 Å². The molecule has 2 aromatic rings. The van der Waals surface area contributed by atoms with Crippen molar-refractivity contribution >= 4 is 29.4 Å². The minimum atomic E-state index is -0.0919. The molecular formula is C17H26ClN5O2. The van der Waals surface area contributed by atoms with Gasteiger partial charge in [-0.05, 0) is 18.9 Å². The Labute approximate surface area is 153 Å². The monoisotopic (exact) mass is 367 g/mol. The Morgan fingerprint density at radius 3 is 2.80 bits per heavy atom. The van der Waals surface area contributed by atoms with E-state index in [0.29, 0.717) is 28.9 Å². The molecule has 7 nitrogen and oxygen atoms in total. The Morgan fingerprint density at radius 1 is 1.40 bits per heavy atom. The van der Waals surface area contributed by atoms with Gasteiger partial charge in [-0.1, -0.05) is 19.0 Å². The minimum absolute atomic E-state index is 0. The Morgan fingerprint density at radius 2 is 2.12 bits per heavy atom. The van der Waals surface area contributed by atoms with E-state index in [-0.39, 0.29) is 24.2 Å². The summed E-state index contributed by atoms with van der Waals surface area (Å²) in [5.74, 6) is 0.123. The highest BCUT2D eigenvalue weighted by Crippen LogP contribution is 2.24. The van der Waals surface area contributed by atoms with Gasteiger partial charge in [-0.3, -0.25) is 9.69 Å². The summed E-state index contributed by atoms with van der Waals surface area (Å²) in [5.41, 5.74) is 2.57. The normalized spacial score (nSPS) is 15.4. The molecule has 0 unspecified atom stereocenters. The fourth-order valence-electron chi connectivity index (χ4n) is 2.95. The van der Waals surface area contributed by atoms with Crippen LogP contribution in [0.4, 0.5) is 0 Å². The molecule has 0 bridgehead atoms. The molecule has 0 aromatic carbocycles. The van der Waals surface area contributed by atoms with Crippen molar-refractivity contribution < 1.29 is 9.32 Å². The molecule has 0 atom stereocenters. The van der Waals surface area contributed by atoms with E-state index in [1.807, 2.05) is 26.8 Å². The van der Waals surface area contributed by atoms with Crippen molar-refractivity contribution in [3.05, 3.63) is 23.0 Å². The molecule has 1 saturated heterocycles. The second-order valence-electron chi connectivity index (χ2n) is 6.55. The van der Waals surface area contributed by atoms with E-state index in [9.17, 15) is 4.79 Å². The average molecular weight is 368 g/mol. The van der Waals surface area contributed by atoms with Gasteiger partial charge in [-0.15, -0.1) is 12.4 Å². The number of halogens is 1. The topological polar surface area (TPSA) is 83.3 Å². The predicted octanol–water partition coefficient (Wildman–Crippen LogP) is 1.71. The standard InChI is InChI=1S/C17H25N5O2.ClH/c1-11(2)14-10-13(15-12(3)21-24-17(15)20-14)16(23)19-6-9-22-7-4-18-5-8-22;/h10-11,18H,4-9H2,1-3H3,(H,19,23);1H. The average Bonchev–Trinajstić information content (AvgIpc) is 2.96. The summed E-state index contributed by atoms with van der Waals surface area (Å²) in [7, 11) is 0. The largest absolute Gasteiger partial charge is 0.351 e. The van der Waals surface area contributed by atoms with Crippen molar-refractivity contribution in [3.8, 4) is 0 Å². The summed E-state index contributed by atoms with van der Waals surface area (Å²) in [6.45, 7) is 11.5. The lowest BCUT2D eigenvalue weighted by atomic mass is 10.0. The van der Waals surface area contributed by atoms with Gasteiger partial charge in [0.1, 0.15) is 0 Å². The summed E-state index contributed by atoms with van der Waals surface area (Å²) in [6.07, 6.45) is 0. The Hall–Kier alpha value is -1.70. The summed E-state index contributed by atoms with van der Waals surface area (Å²) < 4.78 is 5.27. The van der Waals surface area contributed by atoms with Gasteiger partial charge in [0.05, 0.1) is 16.6 Å². The quantitative estimate of drug-likeness (QED) is 0.837. The molecule has 138 valence electrons. The highest BCUT2D eigenvalue weighted by molar-refractivity contribution is 6.06. The molecule has 1 fully saturated rings. The molecule has 1 aliphatic heterocycles. The number of carbonyl (C=O) groups excluding carboxylic acids is 1. The third kappa shape index (κ3) is 4.48. The minimum Gasteiger partial charge on any atom is -0.351 e. The van der Waals surface area contributed by atoms with Crippen molar-refractivity contribution in [2.75, 3.05) is 39.3 Å². The van der Waals surface area contributed by atoms with E-state index in [0.717, 1.165) is 38.4 Å². The lowest BCUT2D eigenvalue weighted by molar-refractivity contribution is 0.0948. The highest BCUT2D eigenvalue weighted by atomic mass is 35.5. The number of piperazine rings is 1. The second-order valence-corrected chi connectivity index (χ2v) is 6.55. The zero-order chi connectivity index (χ0) is 17.1. The SMILES string of the molecule is Cc1noc2nc(C(C)C)cc(C(=O)NCCN3CCNCC3)c12.Cl. The van der Waals surface area contributed by atoms with E-state index >= 15 is 0 Å². The maximum Gasteiger partial charge on any atom is 0.259 e. The molecule has 0 saturated carbocycles. The summed E-state index contributed by atoms with van der Waals surface area (Å²) >= 11 is 0. The van der Waals surface area contributed by atoms with E-state index in [2.05, 4.69) is 25.7 Å². The van der Waals surface area contributed by atoms with Crippen molar-refractivity contribution in [1.82, 2.24) is 25.7 Å². The van der Waals surface area contributed by atoms with Crippen molar-refractivity contribution in [2.45, 2.75) is 26.7 Å². The predicted molar refractivity (Wildman–Crippen MR) is 99.5 cm³/mol. The van der Waals surface area contributed by atoms with Crippen molar-refractivity contribution in [1.29, 1.82) is 0 Å². The number of nitrogens with zero attached hydrogens (tertiary/aromatic N) is 3. The number of hydrogen-bond acceptors (Lipinski definition) is 6. The Balaban J connectivity index is 0.00000225. The third-order valence-corrected chi connectivity index (χ3v) is 4.40. The molecule has 0 radical (unpaired) electrons. The van der Waals surface area contributed by atoms with Gasteiger partial charge in [0.2, 0.25) is 0 Å². The summed E-state index contributed by atoms with van der Waals surface area (Å²) in [5, 5.41) is 11.0. The van der Waals surface area contributed by atoms with E-state index in [4.69, 9.17) is 4.52 Å². The zero-order valence-electron chi connectivity index (χ0n) is 15.0. The van der Waals surface area contributed by atoms with Crippen LogP contribution in [0.3, 0.4) is 0 Å². The zero-order valence-corrected chi connectivity index (χ0v) is 15.8. The maximum absolute atomic E-state index is 12.7. The number of nitrogens with one attached hydrogen (secondary N) is 2. The molecule has 2 aromatic heterocycles. The molecular weight excluding hydrogens is 342 g/mol. The molecule has 1 amide bonds. The first-order valence-corrected chi connectivity index (χ1v) is 8.54. The van der Waals surface area contributed by atoms with E-state index < -0.39 is 0 Å². The van der Waals surface area contributed by atoms with Crippen molar-refractivity contribution in [2.24, 2.45) is 0 Å². The summed E-state index contributed by atoms with van der Waals surface area (Å²) in [6, 6.07) is 1.86. The number of aryl methyl sites for hydroxylation is 1. The van der Waals surface area contributed by atoms with Gasteiger partial charge < -0.3 is 15.2 Å². The van der Waals surface area contributed by atoms with E-state index in [1.165, 1.54) is 0 Å². The van der Waals surface area contributed by atoms with Gasteiger partial charge in [0.15, 0.2) is 0 Å². The van der Waals surface area contributed by atoms with E-state index in [1.54, 1.807) is 0 Å². The fraction of sp³-hybridized carbons (Fsp3) is 0.588. The molecule has 2 N–H and O–H groups in total. The van der Waals surface area contributed by atoms with Crippen LogP contribution in [0, 0.1) is 6.92 Å². The molecule has 1 aliphatic rings. The van der Waals surface area contributed by atoms with Gasteiger partial charge in [0.25, 0.3) is 11.6 Å². The van der Waals surface area contributed by atoms with Gasteiger partial charge in [-0.2, -0.15) is 0 Å². The molecule has 0 aliphatic carbocycles. The van der Waals surface area contributed by atoms with Gasteiger partial charge in [-0.25, -0.2) is 4.98 Å². The van der Waals surface area contributed by atoms with Crippen LogP contribution in [0.1, 0.15) is 41.5 Å². The lowest BCUT2D eigenvalue weighted by Gasteiger charge is -2.27. The molecule has 3 rings (SSSR count). The number of aromatic nitrogens is 2. The summed E-state index contributed by atoms with van der Waals surface area (Å²) in [4.78, 5) is 19.5. The highest BCUT2D eigenvalue weighted by Gasteiger charge is 2.19. The number of fused-ring (bicyclic) bond motifs is 1. The maximum atomic E-state index is 12.7. The molecule has 8 heteroatoms. The second kappa shape index (κ2) is 8.60. The first-order chi connectivity index (χ1) is 11.6. The first kappa shape index (κ1) is 19.6. The van der Waals surface area contributed by atoms with Crippen molar-refractivity contribution in [3.63, 3.8) is 0 Å². The first-order valence-electron chi connectivity index (χ1n) is 8.54. The number of pyridine rings is 1. The lowest BCUT2D eigenvalue weighted by Crippen LogP contribution is -2.46. The number of carbonyl (C=O) groups is 1. The Bertz CT molecular complexity index is 725. The molecule has 0 spiro atoms. The molecule has 3 heterocycles. The van der Waals surface area contributed by atoms with Crippen LogP contribution in [0.15, 0.2) is 10.6 Å². The number of hydrogen-bond donors (Lipinski definition) is 2. The van der Waals surface area contributed by atoms with Gasteiger partial charge >= 0.3 is 0 Å². The van der Waals surface area contributed by atoms with Crippen LogP contribution in [0.5, 0.6) is 0 Å². The fourth-order valence-corrected chi connectivity index (χ4v) is 2.95. The van der Waals surface area contributed by atoms with Crippen LogP contribution in [0.25, 0.3) is 11.1 Å². The van der Waals surface area contributed by atoms with Crippen LogP contribution in [0.2, 0.25) is 0 Å². The van der Waals surface area contributed by atoms with Crippen LogP contribution >= 0.6 is 12.4 Å². The smallest absolute Gasteiger partial charge is 0.259 e. The third-order valence-electron chi connectivity index (χ3n) is 4.40. The molecule has 25 heavy (non-hydrogen) atoms. The Kier molecular flexibility index (Phi) is 6.75.